The highest BCUT2D eigenvalue weighted by Gasteiger charge is 2.44. The highest BCUT2D eigenvalue weighted by molar-refractivity contribution is 8.13. The average molecular weight is 425 g/mol. The van der Waals surface area contributed by atoms with Gasteiger partial charge in [-0.2, -0.15) is 4.67 Å². The molecular weight excluding hydrogens is 391 g/mol. The van der Waals surface area contributed by atoms with E-state index in [1.807, 2.05) is 23.7 Å². The van der Waals surface area contributed by atoms with Gasteiger partial charge in [-0.05, 0) is 36.3 Å². The number of thioether (sulfide) groups is 1. The molecule has 1 amide bonds. The minimum absolute atomic E-state index is 0.0385. The van der Waals surface area contributed by atoms with Crippen LogP contribution in [0.1, 0.15) is 77.3 Å². The summed E-state index contributed by atoms with van der Waals surface area (Å²) in [7, 11) is -3.46. The number of benzene rings is 1. The average Bonchev–Trinajstić information content (AvgIpc) is 2.65. The van der Waals surface area contributed by atoms with Crippen molar-refractivity contribution in [1.82, 2.24) is 9.76 Å². The molecule has 1 aromatic rings. The molecule has 156 valence electrons. The topological polar surface area (TPSA) is 58.6 Å². The lowest BCUT2D eigenvalue weighted by molar-refractivity contribution is 0.207. The second-order valence-electron chi connectivity index (χ2n) is 8.82. The molecule has 7 heteroatoms. The van der Waals surface area contributed by atoms with Gasteiger partial charge in [0.2, 0.25) is 0 Å². The summed E-state index contributed by atoms with van der Waals surface area (Å²) in [6.45, 7) is 9.14. The summed E-state index contributed by atoms with van der Waals surface area (Å²) in [4.78, 5) is 12.4. The predicted octanol–water partition coefficient (Wildman–Crippen LogP) is 6.47. The summed E-state index contributed by atoms with van der Waals surface area (Å²) in [5.41, 5.74) is 2.33. The molecule has 28 heavy (non-hydrogen) atoms. The molecule has 5 nitrogen and oxygen atoms in total. The Hall–Kier alpha value is -0.970. The zero-order valence-corrected chi connectivity index (χ0v) is 19.2. The summed E-state index contributed by atoms with van der Waals surface area (Å²) in [5, 5.41) is 2.48. The lowest BCUT2D eigenvalue weighted by Gasteiger charge is -2.42. The van der Waals surface area contributed by atoms with E-state index in [-0.39, 0.29) is 16.7 Å². The second-order valence-corrected chi connectivity index (χ2v) is 11.8. The van der Waals surface area contributed by atoms with Crippen molar-refractivity contribution in [2.24, 2.45) is 0 Å². The molecule has 1 atom stereocenters. The Balaban J connectivity index is 1.91. The minimum Gasteiger partial charge on any atom is -0.418 e. The molecular formula is C21H33N2O3PS. The van der Waals surface area contributed by atoms with E-state index in [0.29, 0.717) is 18.0 Å². The number of nitrogens with zero attached hydrogens (tertiary/aromatic N) is 1. The Bertz CT molecular complexity index is 757. The van der Waals surface area contributed by atoms with E-state index in [9.17, 15) is 9.36 Å². The van der Waals surface area contributed by atoms with Gasteiger partial charge in [0, 0.05) is 23.9 Å². The van der Waals surface area contributed by atoms with E-state index in [2.05, 4.69) is 31.9 Å². The van der Waals surface area contributed by atoms with Crippen LogP contribution in [0, 0.1) is 0 Å². The van der Waals surface area contributed by atoms with Crippen molar-refractivity contribution in [2.75, 3.05) is 5.75 Å². The van der Waals surface area contributed by atoms with Crippen LogP contribution in [0.25, 0.3) is 0 Å². The van der Waals surface area contributed by atoms with Crippen molar-refractivity contribution in [3.05, 3.63) is 29.3 Å². The third-order valence-electron chi connectivity index (χ3n) is 5.49. The van der Waals surface area contributed by atoms with Gasteiger partial charge in [0.15, 0.2) is 0 Å². The quantitative estimate of drug-likeness (QED) is 0.561. The lowest BCUT2D eigenvalue weighted by atomic mass is 9.86. The molecule has 0 aromatic heterocycles. The maximum Gasteiger partial charge on any atom is 0.423 e. The summed E-state index contributed by atoms with van der Waals surface area (Å²) < 4.78 is 21.8. The second kappa shape index (κ2) is 8.81. The van der Waals surface area contributed by atoms with Gasteiger partial charge in [0.25, 0.3) is 5.24 Å². The van der Waals surface area contributed by atoms with E-state index in [1.165, 1.54) is 23.7 Å². The van der Waals surface area contributed by atoms with E-state index in [1.54, 1.807) is 0 Å². The van der Waals surface area contributed by atoms with Crippen molar-refractivity contribution < 1.29 is 13.9 Å². The summed E-state index contributed by atoms with van der Waals surface area (Å²) in [6, 6.07) is 6.30. The first kappa shape index (κ1) is 21.7. The fourth-order valence-electron chi connectivity index (χ4n) is 3.86. The van der Waals surface area contributed by atoms with Crippen LogP contribution in [-0.4, -0.2) is 21.7 Å². The number of hydrogen-bond acceptors (Lipinski definition) is 4. The molecule has 2 aliphatic rings. The number of carbonyl (C=O) groups is 1. The SMILES string of the molecule is CCCSC(=O)NP1(=O)Oc2ccc(C(C)(C)C)cc2CN1C1CCCCC1. The molecule has 1 aliphatic heterocycles. The Morgan fingerprint density at radius 2 is 2.00 bits per heavy atom. The largest absolute Gasteiger partial charge is 0.423 e. The third-order valence-corrected chi connectivity index (χ3v) is 8.69. The standard InChI is InChI=1S/C21H33N2O3PS/c1-5-13-28-20(24)22-27(25)23(18-9-7-6-8-10-18)15-16-14-17(21(2,3)4)11-12-19(16)26-27/h11-12,14,18H,5-10,13,15H2,1-4H3,(H,22,24,25). The molecule has 0 spiro atoms. The fourth-order valence-corrected chi connectivity index (χ4v) is 6.81. The molecule has 0 radical (unpaired) electrons. The molecule has 1 N–H and O–H groups in total. The van der Waals surface area contributed by atoms with Crippen LogP contribution in [0.4, 0.5) is 4.79 Å². The van der Waals surface area contributed by atoms with E-state index in [4.69, 9.17) is 4.52 Å². The predicted molar refractivity (Wildman–Crippen MR) is 117 cm³/mol. The lowest BCUT2D eigenvalue weighted by Crippen LogP contribution is -2.42. The molecule has 1 aliphatic carbocycles. The van der Waals surface area contributed by atoms with Crippen molar-refractivity contribution in [3.63, 3.8) is 0 Å². The number of carbonyl (C=O) groups excluding carboxylic acids is 1. The van der Waals surface area contributed by atoms with Crippen LogP contribution < -0.4 is 9.61 Å². The number of fused-ring (bicyclic) bond motifs is 1. The van der Waals surface area contributed by atoms with Crippen molar-refractivity contribution >= 4 is 24.7 Å². The molecule has 1 unspecified atom stereocenters. The van der Waals surface area contributed by atoms with Gasteiger partial charge in [-0.3, -0.25) is 9.88 Å². The number of amides is 1. The highest BCUT2D eigenvalue weighted by atomic mass is 32.2. The van der Waals surface area contributed by atoms with Crippen molar-refractivity contribution in [1.29, 1.82) is 0 Å². The maximum absolute atomic E-state index is 13.8. The van der Waals surface area contributed by atoms with E-state index < -0.39 is 7.67 Å². The zero-order valence-electron chi connectivity index (χ0n) is 17.5. The van der Waals surface area contributed by atoms with Gasteiger partial charge in [0.05, 0.1) is 0 Å². The Morgan fingerprint density at radius 1 is 1.29 bits per heavy atom. The van der Waals surface area contributed by atoms with Gasteiger partial charge < -0.3 is 4.52 Å². The van der Waals surface area contributed by atoms with E-state index in [0.717, 1.165) is 37.7 Å². The van der Waals surface area contributed by atoms with Crippen LogP contribution >= 0.6 is 19.4 Å². The molecule has 1 fully saturated rings. The van der Waals surface area contributed by atoms with Crippen LogP contribution in [0.3, 0.4) is 0 Å². The smallest absolute Gasteiger partial charge is 0.418 e. The maximum atomic E-state index is 13.8. The molecule has 3 rings (SSSR count). The van der Waals surface area contributed by atoms with Gasteiger partial charge in [-0.1, -0.05) is 70.9 Å². The zero-order chi connectivity index (χ0) is 20.4. The number of nitrogens with one attached hydrogen (secondary N) is 1. The first-order valence-corrected chi connectivity index (χ1v) is 12.9. The number of rotatable bonds is 4. The van der Waals surface area contributed by atoms with Gasteiger partial charge in [0.1, 0.15) is 5.75 Å². The van der Waals surface area contributed by atoms with Crippen LogP contribution in [0.5, 0.6) is 5.75 Å². The first-order valence-electron chi connectivity index (χ1n) is 10.4. The van der Waals surface area contributed by atoms with E-state index >= 15 is 0 Å². The van der Waals surface area contributed by atoms with Gasteiger partial charge in [-0.15, -0.1) is 0 Å². The van der Waals surface area contributed by atoms with Crippen LogP contribution in [0.15, 0.2) is 18.2 Å². The third kappa shape index (κ3) is 4.95. The molecule has 0 saturated heterocycles. The molecule has 1 saturated carbocycles. The van der Waals surface area contributed by atoms with Crippen LogP contribution in [0.2, 0.25) is 0 Å². The Morgan fingerprint density at radius 3 is 2.64 bits per heavy atom. The molecule has 0 bridgehead atoms. The highest BCUT2D eigenvalue weighted by Crippen LogP contribution is 2.56. The minimum atomic E-state index is -3.46. The Labute approximate surface area is 173 Å². The summed E-state index contributed by atoms with van der Waals surface area (Å²) in [5.74, 6) is 1.34. The summed E-state index contributed by atoms with van der Waals surface area (Å²) >= 11 is 1.18. The number of hydrogen-bond donors (Lipinski definition) is 1. The summed E-state index contributed by atoms with van der Waals surface area (Å²) in [6.07, 6.45) is 6.38. The first-order chi connectivity index (χ1) is 13.2. The normalized spacial score (nSPS) is 23.7. The van der Waals surface area contributed by atoms with Crippen molar-refractivity contribution in [2.45, 2.75) is 84.2 Å². The van der Waals surface area contributed by atoms with Gasteiger partial charge in [-0.25, -0.2) is 4.57 Å². The fraction of sp³-hybridized carbons (Fsp3) is 0.667. The monoisotopic (exact) mass is 424 g/mol. The Kier molecular flexibility index (Phi) is 6.84. The van der Waals surface area contributed by atoms with Crippen LogP contribution in [-0.2, 0) is 16.5 Å². The molecule has 1 aromatic carbocycles. The van der Waals surface area contributed by atoms with Gasteiger partial charge >= 0.3 is 7.67 Å². The van der Waals surface area contributed by atoms with Crippen molar-refractivity contribution in [3.8, 4) is 5.75 Å². The molecule has 1 heterocycles.